The number of halogens is 1. The molecule has 0 bridgehead atoms. The number of carbonyl (C=O) groups is 1. The highest BCUT2D eigenvalue weighted by Crippen LogP contribution is 2.29. The van der Waals surface area contributed by atoms with Crippen LogP contribution in [0.1, 0.15) is 5.56 Å². The van der Waals surface area contributed by atoms with Crippen LogP contribution in [0, 0.1) is 10.1 Å². The number of aromatic nitrogens is 3. The molecule has 0 fully saturated rings. The zero-order valence-corrected chi connectivity index (χ0v) is 19.1. The van der Waals surface area contributed by atoms with E-state index < -0.39 is 4.92 Å². The molecule has 1 heterocycles. The molecule has 3 aromatic carbocycles. The molecule has 0 radical (unpaired) electrons. The molecule has 1 N–H and O–H groups in total. The van der Waals surface area contributed by atoms with Gasteiger partial charge in [0.05, 0.1) is 16.9 Å². The lowest BCUT2D eigenvalue weighted by Crippen LogP contribution is -2.20. The Morgan fingerprint density at radius 1 is 1.09 bits per heavy atom. The van der Waals surface area contributed by atoms with Crippen molar-refractivity contribution >= 4 is 41.2 Å². The van der Waals surface area contributed by atoms with E-state index in [0.29, 0.717) is 21.6 Å². The highest BCUT2D eigenvalue weighted by atomic mass is 35.5. The number of nitrogens with zero attached hydrogens (tertiary/aromatic N) is 5. The summed E-state index contributed by atoms with van der Waals surface area (Å²) >= 11 is 7.03. The third-order valence-corrected chi connectivity index (χ3v) is 5.75. The van der Waals surface area contributed by atoms with Crippen molar-refractivity contribution in [2.24, 2.45) is 5.10 Å². The van der Waals surface area contributed by atoms with E-state index in [2.05, 4.69) is 20.7 Å². The van der Waals surface area contributed by atoms with Gasteiger partial charge in [-0.1, -0.05) is 65.8 Å². The van der Waals surface area contributed by atoms with Gasteiger partial charge in [0.2, 0.25) is 0 Å². The van der Waals surface area contributed by atoms with Crippen LogP contribution >= 0.6 is 23.4 Å². The number of para-hydroxylation sites is 1. The molecule has 4 rings (SSSR count). The molecule has 1 aromatic heterocycles. The van der Waals surface area contributed by atoms with Crippen LogP contribution in [0.25, 0.3) is 17.1 Å². The normalized spacial score (nSPS) is 11.0. The maximum absolute atomic E-state index is 12.3. The number of hydrogen-bond acceptors (Lipinski definition) is 7. The number of nitro groups is 1. The molecule has 0 atom stereocenters. The summed E-state index contributed by atoms with van der Waals surface area (Å²) in [6, 6.07) is 22.5. The van der Waals surface area contributed by atoms with Gasteiger partial charge >= 0.3 is 0 Å². The molecule has 34 heavy (non-hydrogen) atoms. The fourth-order valence-corrected chi connectivity index (χ4v) is 3.88. The van der Waals surface area contributed by atoms with Crippen LogP contribution in [0.2, 0.25) is 5.02 Å². The number of hydrogen-bond donors (Lipinski definition) is 1. The van der Waals surface area contributed by atoms with Crippen LogP contribution in [0.4, 0.5) is 5.69 Å². The summed E-state index contributed by atoms with van der Waals surface area (Å²) in [5.41, 5.74) is 4.52. The number of hydrazone groups is 1. The summed E-state index contributed by atoms with van der Waals surface area (Å²) < 4.78 is 1.76. The highest BCUT2D eigenvalue weighted by molar-refractivity contribution is 7.99. The third kappa shape index (κ3) is 5.66. The van der Waals surface area contributed by atoms with Gasteiger partial charge in [-0.15, -0.1) is 10.2 Å². The molecule has 1 amide bonds. The van der Waals surface area contributed by atoms with E-state index in [4.69, 9.17) is 11.6 Å². The van der Waals surface area contributed by atoms with Gasteiger partial charge < -0.3 is 0 Å². The first-order valence-electron chi connectivity index (χ1n) is 9.97. The molecule has 9 nitrogen and oxygen atoms in total. The van der Waals surface area contributed by atoms with Crippen molar-refractivity contribution in [3.8, 4) is 17.1 Å². The topological polar surface area (TPSA) is 115 Å². The Morgan fingerprint density at radius 3 is 2.59 bits per heavy atom. The summed E-state index contributed by atoms with van der Waals surface area (Å²) in [6.45, 7) is 0. The van der Waals surface area contributed by atoms with Gasteiger partial charge in [-0.3, -0.25) is 19.5 Å². The van der Waals surface area contributed by atoms with E-state index in [1.807, 2.05) is 30.3 Å². The van der Waals surface area contributed by atoms with Crippen LogP contribution in [0.3, 0.4) is 0 Å². The standard InChI is InChI=1S/C23H17ClN6O3S/c24-18-11-9-16(10-12-18)14-25-26-21(31)15-34-23-28-27-22(29(23)19-6-2-1-3-7-19)17-5-4-8-20(13-17)30(32)33/h1-14H,15H2,(H,26,31)/b25-14-. The number of thioether (sulfide) groups is 1. The van der Waals surface area contributed by atoms with Gasteiger partial charge in [0.1, 0.15) is 0 Å². The van der Waals surface area contributed by atoms with E-state index in [9.17, 15) is 14.9 Å². The largest absolute Gasteiger partial charge is 0.272 e. The van der Waals surface area contributed by atoms with Crippen molar-refractivity contribution in [1.29, 1.82) is 0 Å². The number of nitro benzene ring substituents is 1. The maximum atomic E-state index is 12.3. The predicted octanol–water partition coefficient (Wildman–Crippen LogP) is 4.74. The molecule has 0 saturated heterocycles. The Kier molecular flexibility index (Phi) is 7.31. The highest BCUT2D eigenvalue weighted by Gasteiger charge is 2.19. The predicted molar refractivity (Wildman–Crippen MR) is 131 cm³/mol. The number of non-ortho nitro benzene ring substituents is 1. The maximum Gasteiger partial charge on any atom is 0.270 e. The van der Waals surface area contributed by atoms with E-state index in [1.165, 1.54) is 30.1 Å². The fourth-order valence-electron chi connectivity index (χ4n) is 3.01. The number of amides is 1. The molecule has 11 heteroatoms. The van der Waals surface area contributed by atoms with Gasteiger partial charge in [-0.25, -0.2) is 5.43 Å². The summed E-state index contributed by atoms with van der Waals surface area (Å²) in [6.07, 6.45) is 1.52. The Hall–Kier alpha value is -4.02. The van der Waals surface area contributed by atoms with Crippen molar-refractivity contribution in [3.63, 3.8) is 0 Å². The molecule has 4 aromatic rings. The zero-order valence-electron chi connectivity index (χ0n) is 17.5. The molecule has 0 unspecified atom stereocenters. The molecule has 0 aliphatic heterocycles. The van der Waals surface area contributed by atoms with Crippen molar-refractivity contribution in [3.05, 3.63) is 99.6 Å². The summed E-state index contributed by atoms with van der Waals surface area (Å²) in [4.78, 5) is 23.1. The van der Waals surface area contributed by atoms with Crippen LogP contribution in [0.15, 0.2) is 89.1 Å². The van der Waals surface area contributed by atoms with Crippen molar-refractivity contribution < 1.29 is 9.72 Å². The zero-order chi connectivity index (χ0) is 23.9. The van der Waals surface area contributed by atoms with E-state index >= 15 is 0 Å². The Morgan fingerprint density at radius 2 is 1.85 bits per heavy atom. The molecule has 0 spiro atoms. The van der Waals surface area contributed by atoms with Crippen LogP contribution in [0.5, 0.6) is 0 Å². The van der Waals surface area contributed by atoms with Crippen LogP contribution in [-0.2, 0) is 4.79 Å². The first kappa shape index (κ1) is 23.1. The van der Waals surface area contributed by atoms with Gasteiger partial charge in [0, 0.05) is 28.4 Å². The Balaban J connectivity index is 1.53. The number of carbonyl (C=O) groups excluding carboxylic acids is 1. The first-order chi connectivity index (χ1) is 16.5. The van der Waals surface area contributed by atoms with Crippen LogP contribution < -0.4 is 5.43 Å². The Bertz CT molecular complexity index is 1340. The average molecular weight is 493 g/mol. The summed E-state index contributed by atoms with van der Waals surface area (Å²) in [5.74, 6) is 0.144. The molecule has 0 saturated carbocycles. The minimum absolute atomic E-state index is 0.0395. The average Bonchev–Trinajstić information content (AvgIpc) is 3.28. The second kappa shape index (κ2) is 10.7. The minimum atomic E-state index is -0.461. The molecular formula is C23H17ClN6O3S. The Labute approximate surface area is 203 Å². The van der Waals surface area contributed by atoms with Crippen molar-refractivity contribution in [2.45, 2.75) is 5.16 Å². The van der Waals surface area contributed by atoms with Crippen molar-refractivity contribution in [2.75, 3.05) is 5.75 Å². The lowest BCUT2D eigenvalue weighted by atomic mass is 10.2. The fraction of sp³-hybridized carbons (Fsp3) is 0.0435. The SMILES string of the molecule is O=C(CSc1nnc(-c2cccc([N+](=O)[O-])c2)n1-c1ccccc1)N/N=C\c1ccc(Cl)cc1. The number of rotatable bonds is 8. The van der Waals surface area contributed by atoms with Gasteiger partial charge in [-0.2, -0.15) is 5.10 Å². The van der Waals surface area contributed by atoms with Crippen LogP contribution in [-0.4, -0.2) is 37.6 Å². The lowest BCUT2D eigenvalue weighted by Gasteiger charge is -2.10. The number of benzene rings is 3. The molecule has 0 aliphatic rings. The molecular weight excluding hydrogens is 476 g/mol. The smallest absolute Gasteiger partial charge is 0.270 e. The van der Waals surface area contributed by atoms with E-state index in [-0.39, 0.29) is 17.3 Å². The minimum Gasteiger partial charge on any atom is -0.272 e. The first-order valence-corrected chi connectivity index (χ1v) is 11.3. The summed E-state index contributed by atoms with van der Waals surface area (Å²) in [7, 11) is 0. The van der Waals surface area contributed by atoms with Crippen molar-refractivity contribution in [1.82, 2.24) is 20.2 Å². The quantitative estimate of drug-likeness (QED) is 0.164. The third-order valence-electron chi connectivity index (χ3n) is 4.57. The molecule has 0 aliphatic carbocycles. The number of nitrogens with one attached hydrogen (secondary N) is 1. The van der Waals surface area contributed by atoms with Gasteiger partial charge in [0.15, 0.2) is 11.0 Å². The molecule has 170 valence electrons. The van der Waals surface area contributed by atoms with E-state index in [1.54, 1.807) is 41.0 Å². The summed E-state index contributed by atoms with van der Waals surface area (Å²) in [5, 5.41) is 24.7. The monoisotopic (exact) mass is 492 g/mol. The van der Waals surface area contributed by atoms with Gasteiger partial charge in [-0.05, 0) is 29.8 Å². The van der Waals surface area contributed by atoms with Gasteiger partial charge in [0.25, 0.3) is 11.6 Å². The second-order valence-corrected chi connectivity index (χ2v) is 8.30. The second-order valence-electron chi connectivity index (χ2n) is 6.92. The van der Waals surface area contributed by atoms with E-state index in [0.717, 1.165) is 11.3 Å². The lowest BCUT2D eigenvalue weighted by molar-refractivity contribution is -0.384.